The van der Waals surface area contributed by atoms with Crippen molar-refractivity contribution in [2.45, 2.75) is 58.5 Å². The quantitative estimate of drug-likeness (QED) is 0.568. The molecule has 2 aromatic rings. The van der Waals surface area contributed by atoms with Crippen molar-refractivity contribution in [2.24, 2.45) is 5.92 Å². The van der Waals surface area contributed by atoms with Gasteiger partial charge in [-0.15, -0.1) is 0 Å². The van der Waals surface area contributed by atoms with Gasteiger partial charge in [0.05, 0.1) is 0 Å². The van der Waals surface area contributed by atoms with Crippen LogP contribution in [0, 0.1) is 24.2 Å². The lowest BCUT2D eigenvalue weighted by atomic mass is 9.96. The predicted molar refractivity (Wildman–Crippen MR) is 132 cm³/mol. The number of ketones is 1. The van der Waals surface area contributed by atoms with Crippen molar-refractivity contribution >= 4 is 23.3 Å². The second kappa shape index (κ2) is 10.7. The molecule has 2 aliphatic rings. The summed E-state index contributed by atoms with van der Waals surface area (Å²) in [5.41, 5.74) is 3.85. The second-order valence-electron chi connectivity index (χ2n) is 9.59. The van der Waals surface area contributed by atoms with E-state index in [0.29, 0.717) is 16.5 Å². The number of aromatic nitrogens is 1. The first-order valence-electron chi connectivity index (χ1n) is 12.1. The Morgan fingerprint density at radius 2 is 1.91 bits per heavy atom. The van der Waals surface area contributed by atoms with E-state index in [1.807, 2.05) is 25.1 Å². The van der Waals surface area contributed by atoms with Crippen LogP contribution in [-0.4, -0.2) is 52.2 Å². The Balaban J connectivity index is 1.42. The number of halogens is 1. The largest absolute Gasteiger partial charge is 0.337 e. The Morgan fingerprint density at radius 3 is 2.56 bits per heavy atom. The maximum absolute atomic E-state index is 12.9. The predicted octanol–water partition coefficient (Wildman–Crippen LogP) is 4.56. The van der Waals surface area contributed by atoms with E-state index < -0.39 is 0 Å². The highest BCUT2D eigenvalue weighted by Crippen LogP contribution is 2.29. The van der Waals surface area contributed by atoms with Crippen LogP contribution in [0.2, 0.25) is 5.02 Å². The van der Waals surface area contributed by atoms with Gasteiger partial charge < -0.3 is 4.90 Å². The molecule has 1 aromatic heterocycles. The van der Waals surface area contributed by atoms with Crippen LogP contribution in [0.25, 0.3) is 0 Å². The number of nitriles is 1. The Kier molecular flexibility index (Phi) is 7.65. The molecule has 0 N–H and O–H groups in total. The van der Waals surface area contributed by atoms with Gasteiger partial charge in [-0.25, -0.2) is 4.98 Å². The zero-order valence-electron chi connectivity index (χ0n) is 19.9. The number of Topliss-reactive ketones (excluding diaryl/α,β-unsaturated/α-hetero) is 1. The van der Waals surface area contributed by atoms with Gasteiger partial charge in [0, 0.05) is 61.3 Å². The van der Waals surface area contributed by atoms with Crippen LogP contribution in [0.5, 0.6) is 0 Å². The third-order valence-electron chi connectivity index (χ3n) is 7.23. The zero-order valence-corrected chi connectivity index (χ0v) is 20.6. The van der Waals surface area contributed by atoms with E-state index in [1.54, 1.807) is 12.1 Å². The lowest BCUT2D eigenvalue weighted by Crippen LogP contribution is -2.54. The van der Waals surface area contributed by atoms with Crippen LogP contribution in [0.1, 0.15) is 65.3 Å². The molecule has 1 aliphatic heterocycles. The Morgan fingerprint density at radius 1 is 1.18 bits per heavy atom. The maximum atomic E-state index is 12.9. The van der Waals surface area contributed by atoms with E-state index in [9.17, 15) is 9.59 Å². The number of hydrogen-bond acceptors (Lipinski definition) is 5. The van der Waals surface area contributed by atoms with E-state index in [-0.39, 0.29) is 29.9 Å². The van der Waals surface area contributed by atoms with Crippen molar-refractivity contribution in [3.63, 3.8) is 0 Å². The number of rotatable bonds is 6. The number of amides is 1. The SMILES string of the molecule is Cc1c(CC(=O)c2ccc(C#N)nc2)cc(Cl)cc1CN1CCN(C(=O)C2CCCC2)[C@@H](C)C1. The van der Waals surface area contributed by atoms with Gasteiger partial charge in [0.2, 0.25) is 5.91 Å². The van der Waals surface area contributed by atoms with Crippen molar-refractivity contribution in [1.82, 2.24) is 14.8 Å². The first kappa shape index (κ1) is 24.4. The summed E-state index contributed by atoms with van der Waals surface area (Å²) in [6.07, 6.45) is 6.10. The lowest BCUT2D eigenvalue weighted by molar-refractivity contribution is -0.140. The van der Waals surface area contributed by atoms with Gasteiger partial charge in [-0.2, -0.15) is 5.26 Å². The number of piperazine rings is 1. The van der Waals surface area contributed by atoms with E-state index in [4.69, 9.17) is 16.9 Å². The van der Waals surface area contributed by atoms with E-state index in [1.165, 1.54) is 19.0 Å². The first-order valence-corrected chi connectivity index (χ1v) is 12.4. The minimum Gasteiger partial charge on any atom is -0.337 e. The van der Waals surface area contributed by atoms with Crippen molar-refractivity contribution in [1.29, 1.82) is 5.26 Å². The fraction of sp³-hybridized carbons (Fsp3) is 0.481. The molecule has 1 atom stereocenters. The molecule has 178 valence electrons. The van der Waals surface area contributed by atoms with Crippen molar-refractivity contribution < 1.29 is 9.59 Å². The van der Waals surface area contributed by atoms with Gasteiger partial charge >= 0.3 is 0 Å². The third-order valence-corrected chi connectivity index (χ3v) is 7.45. The number of benzene rings is 1. The molecule has 7 heteroatoms. The van der Waals surface area contributed by atoms with Crippen LogP contribution in [0.15, 0.2) is 30.5 Å². The second-order valence-corrected chi connectivity index (χ2v) is 10.0. The van der Waals surface area contributed by atoms with Crippen molar-refractivity contribution in [2.75, 3.05) is 19.6 Å². The molecule has 1 saturated heterocycles. The monoisotopic (exact) mass is 478 g/mol. The average Bonchev–Trinajstić information content (AvgIpc) is 3.37. The van der Waals surface area contributed by atoms with E-state index >= 15 is 0 Å². The summed E-state index contributed by atoms with van der Waals surface area (Å²) < 4.78 is 0. The number of hydrogen-bond donors (Lipinski definition) is 0. The number of nitrogens with zero attached hydrogens (tertiary/aromatic N) is 4. The zero-order chi connectivity index (χ0) is 24.2. The minimum absolute atomic E-state index is 0.0547. The molecule has 4 rings (SSSR count). The van der Waals surface area contributed by atoms with Crippen LogP contribution >= 0.6 is 11.6 Å². The molecule has 34 heavy (non-hydrogen) atoms. The van der Waals surface area contributed by atoms with Crippen molar-refractivity contribution in [3.8, 4) is 6.07 Å². The number of carbonyl (C=O) groups is 2. The Labute approximate surface area is 206 Å². The molecule has 0 unspecified atom stereocenters. The minimum atomic E-state index is -0.0547. The summed E-state index contributed by atoms with van der Waals surface area (Å²) in [7, 11) is 0. The standard InChI is InChI=1S/C27H31ClN4O2/c1-18-16-31(9-10-32(18)27(34)20-5-3-4-6-20)17-23-12-24(28)11-22(19(23)2)13-26(33)21-7-8-25(14-29)30-15-21/h7-8,11-12,15,18,20H,3-6,9-10,13,16-17H2,1-2H3/t18-/m0/s1. The van der Waals surface area contributed by atoms with Crippen molar-refractivity contribution in [3.05, 3.63) is 63.4 Å². The fourth-order valence-corrected chi connectivity index (χ4v) is 5.46. The molecule has 0 bridgehead atoms. The molecule has 1 amide bonds. The molecule has 1 saturated carbocycles. The summed E-state index contributed by atoms with van der Waals surface area (Å²) in [6.45, 7) is 7.33. The molecule has 1 aromatic carbocycles. The van der Waals surface area contributed by atoms with E-state index in [0.717, 1.165) is 55.7 Å². The Bertz CT molecular complexity index is 1100. The fourth-order valence-electron chi connectivity index (χ4n) is 5.20. The summed E-state index contributed by atoms with van der Waals surface area (Å²) in [5.74, 6) is 0.498. The molecular formula is C27H31ClN4O2. The first-order chi connectivity index (χ1) is 16.4. The topological polar surface area (TPSA) is 77.3 Å². The van der Waals surface area contributed by atoms with Crippen LogP contribution < -0.4 is 0 Å². The highest BCUT2D eigenvalue weighted by molar-refractivity contribution is 6.30. The van der Waals surface area contributed by atoms with Gasteiger partial charge in [-0.3, -0.25) is 14.5 Å². The van der Waals surface area contributed by atoms with Crippen LogP contribution in [0.3, 0.4) is 0 Å². The number of carbonyl (C=O) groups excluding carboxylic acids is 2. The summed E-state index contributed by atoms with van der Waals surface area (Å²) in [5, 5.41) is 9.52. The molecule has 1 aliphatic carbocycles. The smallest absolute Gasteiger partial charge is 0.226 e. The lowest BCUT2D eigenvalue weighted by Gasteiger charge is -2.41. The maximum Gasteiger partial charge on any atom is 0.226 e. The van der Waals surface area contributed by atoms with Gasteiger partial charge in [0.15, 0.2) is 5.78 Å². The molecule has 0 spiro atoms. The van der Waals surface area contributed by atoms with Crippen LogP contribution in [-0.2, 0) is 17.8 Å². The molecular weight excluding hydrogens is 448 g/mol. The Hall–Kier alpha value is -2.75. The third kappa shape index (κ3) is 5.48. The highest BCUT2D eigenvalue weighted by atomic mass is 35.5. The van der Waals surface area contributed by atoms with Gasteiger partial charge in [-0.05, 0) is 67.6 Å². The van der Waals surface area contributed by atoms with Gasteiger partial charge in [0.1, 0.15) is 11.8 Å². The summed E-state index contributed by atoms with van der Waals surface area (Å²) >= 11 is 6.44. The molecule has 2 heterocycles. The average molecular weight is 479 g/mol. The molecule has 6 nitrogen and oxygen atoms in total. The van der Waals surface area contributed by atoms with Crippen LogP contribution in [0.4, 0.5) is 0 Å². The summed E-state index contributed by atoms with van der Waals surface area (Å²) in [6, 6.07) is 9.19. The molecule has 2 fully saturated rings. The molecule has 0 radical (unpaired) electrons. The number of pyridine rings is 1. The van der Waals surface area contributed by atoms with Gasteiger partial charge in [-0.1, -0.05) is 24.4 Å². The highest BCUT2D eigenvalue weighted by Gasteiger charge is 2.33. The van der Waals surface area contributed by atoms with E-state index in [2.05, 4.69) is 21.7 Å². The van der Waals surface area contributed by atoms with Gasteiger partial charge in [0.25, 0.3) is 0 Å². The summed E-state index contributed by atoms with van der Waals surface area (Å²) in [4.78, 5) is 34.2. The normalized spacial score (nSPS) is 19.2.